The summed E-state index contributed by atoms with van der Waals surface area (Å²) in [5, 5.41) is 13.5. The van der Waals surface area contributed by atoms with E-state index in [9.17, 15) is 5.21 Å². The molecule has 0 bridgehead atoms. The average Bonchev–Trinajstić information content (AvgIpc) is 2.37. The van der Waals surface area contributed by atoms with Gasteiger partial charge in [0.05, 0.1) is 5.41 Å². The molecular formula is C16H21NO. The van der Waals surface area contributed by atoms with Gasteiger partial charge in [-0.1, -0.05) is 31.9 Å². The van der Waals surface area contributed by atoms with Gasteiger partial charge in [-0.2, -0.15) is 4.73 Å². The van der Waals surface area contributed by atoms with Crippen LogP contribution in [0.15, 0.2) is 36.4 Å². The van der Waals surface area contributed by atoms with Crippen molar-refractivity contribution in [2.24, 2.45) is 0 Å². The number of fused-ring (bicyclic) bond motifs is 1. The molecule has 0 radical (unpaired) electrons. The molecule has 2 aromatic rings. The van der Waals surface area contributed by atoms with Gasteiger partial charge in [-0.15, -0.1) is 0 Å². The Morgan fingerprint density at radius 1 is 1.11 bits per heavy atom. The van der Waals surface area contributed by atoms with E-state index in [1.165, 1.54) is 0 Å². The number of rotatable bonds is 4. The number of nitrogens with zero attached hydrogens (tertiary/aromatic N) is 1. The highest BCUT2D eigenvalue weighted by molar-refractivity contribution is 5.75. The lowest BCUT2D eigenvalue weighted by Crippen LogP contribution is -2.40. The molecule has 1 aromatic carbocycles. The number of unbranched alkanes of at least 4 members (excludes halogenated alkanes) is 1. The molecular weight excluding hydrogens is 222 g/mol. The molecule has 2 rings (SSSR count). The van der Waals surface area contributed by atoms with Gasteiger partial charge in [0.15, 0.2) is 5.69 Å². The number of hydrogen-bond donors (Lipinski definition) is 0. The molecule has 0 aliphatic carbocycles. The molecule has 96 valence electrons. The topological polar surface area (TPSA) is 26.9 Å². The Morgan fingerprint density at radius 2 is 1.83 bits per heavy atom. The summed E-state index contributed by atoms with van der Waals surface area (Å²) < 4.78 is 1.10. The Bertz CT molecular complexity index is 546. The summed E-state index contributed by atoms with van der Waals surface area (Å²) in [7, 11) is 0. The lowest BCUT2D eigenvalue weighted by molar-refractivity contribution is -0.590. The number of para-hydroxylation sites is 1. The van der Waals surface area contributed by atoms with Gasteiger partial charge in [0.1, 0.15) is 0 Å². The second kappa shape index (κ2) is 4.97. The Hall–Kier alpha value is -1.57. The Balaban J connectivity index is 2.48. The van der Waals surface area contributed by atoms with Crippen molar-refractivity contribution in [3.05, 3.63) is 47.3 Å². The summed E-state index contributed by atoms with van der Waals surface area (Å²) in [5.74, 6) is 0. The standard InChI is InChI=1S/C16H21NO/c1-4-5-12-16(2,3)15-11-10-13-8-6-7-9-14(13)17(15)18/h6-11H,4-5,12H2,1-3H3. The van der Waals surface area contributed by atoms with Crippen molar-refractivity contribution in [2.45, 2.75) is 45.4 Å². The van der Waals surface area contributed by atoms with Crippen LogP contribution in [0.2, 0.25) is 0 Å². The zero-order valence-electron chi connectivity index (χ0n) is 11.4. The van der Waals surface area contributed by atoms with Gasteiger partial charge in [-0.05, 0) is 32.4 Å². The smallest absolute Gasteiger partial charge is 0.223 e. The number of aromatic nitrogens is 1. The normalized spacial score (nSPS) is 11.9. The SMILES string of the molecule is CCCCC(C)(C)c1ccc2ccccc2[n+]1[O-]. The monoisotopic (exact) mass is 243 g/mol. The molecule has 0 spiro atoms. The largest absolute Gasteiger partial charge is 0.618 e. The average molecular weight is 243 g/mol. The Kier molecular flexibility index (Phi) is 3.55. The summed E-state index contributed by atoms with van der Waals surface area (Å²) in [4.78, 5) is 0. The molecule has 2 heteroatoms. The summed E-state index contributed by atoms with van der Waals surface area (Å²) in [5.41, 5.74) is 1.57. The van der Waals surface area contributed by atoms with Crippen LogP contribution in [-0.4, -0.2) is 0 Å². The van der Waals surface area contributed by atoms with E-state index in [1.807, 2.05) is 36.4 Å². The van der Waals surface area contributed by atoms with E-state index in [-0.39, 0.29) is 5.41 Å². The van der Waals surface area contributed by atoms with Crippen LogP contribution in [0, 0.1) is 5.21 Å². The molecule has 0 fully saturated rings. The second-order valence-corrected chi connectivity index (χ2v) is 5.56. The Labute approximate surface area is 109 Å². The van der Waals surface area contributed by atoms with Crippen molar-refractivity contribution in [1.82, 2.24) is 0 Å². The van der Waals surface area contributed by atoms with E-state index in [4.69, 9.17) is 0 Å². The quantitative estimate of drug-likeness (QED) is 0.590. The van der Waals surface area contributed by atoms with E-state index in [2.05, 4.69) is 20.8 Å². The second-order valence-electron chi connectivity index (χ2n) is 5.56. The fraction of sp³-hybridized carbons (Fsp3) is 0.438. The molecule has 0 aliphatic rings. The van der Waals surface area contributed by atoms with Crippen molar-refractivity contribution in [3.8, 4) is 0 Å². The predicted molar refractivity (Wildman–Crippen MR) is 75.5 cm³/mol. The maximum Gasteiger partial charge on any atom is 0.223 e. The van der Waals surface area contributed by atoms with E-state index in [0.717, 1.165) is 40.6 Å². The number of benzene rings is 1. The van der Waals surface area contributed by atoms with Crippen LogP contribution < -0.4 is 4.73 Å². The molecule has 0 aliphatic heterocycles. The van der Waals surface area contributed by atoms with Crippen LogP contribution in [0.3, 0.4) is 0 Å². The minimum Gasteiger partial charge on any atom is -0.618 e. The van der Waals surface area contributed by atoms with Gasteiger partial charge in [0, 0.05) is 17.5 Å². The molecule has 2 nitrogen and oxygen atoms in total. The first-order valence-corrected chi connectivity index (χ1v) is 6.68. The zero-order valence-corrected chi connectivity index (χ0v) is 11.4. The van der Waals surface area contributed by atoms with Gasteiger partial charge in [-0.25, -0.2) is 0 Å². The Morgan fingerprint density at radius 3 is 2.56 bits per heavy atom. The summed E-state index contributed by atoms with van der Waals surface area (Å²) in [6.07, 6.45) is 3.36. The van der Waals surface area contributed by atoms with Crippen molar-refractivity contribution < 1.29 is 4.73 Å². The summed E-state index contributed by atoms with van der Waals surface area (Å²) >= 11 is 0. The van der Waals surface area contributed by atoms with Crippen LogP contribution in [0.25, 0.3) is 10.9 Å². The van der Waals surface area contributed by atoms with Gasteiger partial charge < -0.3 is 5.21 Å². The maximum absolute atomic E-state index is 12.5. The molecule has 1 heterocycles. The number of hydrogen-bond acceptors (Lipinski definition) is 1. The molecule has 1 aromatic heterocycles. The molecule has 0 saturated heterocycles. The third-order valence-corrected chi connectivity index (χ3v) is 3.64. The van der Waals surface area contributed by atoms with Crippen molar-refractivity contribution in [2.75, 3.05) is 0 Å². The highest BCUT2D eigenvalue weighted by atomic mass is 16.5. The van der Waals surface area contributed by atoms with Crippen molar-refractivity contribution in [3.63, 3.8) is 0 Å². The lowest BCUT2D eigenvalue weighted by atomic mass is 9.83. The highest BCUT2D eigenvalue weighted by Gasteiger charge is 2.28. The van der Waals surface area contributed by atoms with Crippen molar-refractivity contribution >= 4 is 10.9 Å². The van der Waals surface area contributed by atoms with E-state index in [0.29, 0.717) is 0 Å². The third-order valence-electron chi connectivity index (χ3n) is 3.64. The van der Waals surface area contributed by atoms with Crippen molar-refractivity contribution in [1.29, 1.82) is 0 Å². The van der Waals surface area contributed by atoms with Crippen LogP contribution in [0.5, 0.6) is 0 Å². The van der Waals surface area contributed by atoms with E-state index in [1.54, 1.807) is 0 Å². The van der Waals surface area contributed by atoms with Crippen LogP contribution in [-0.2, 0) is 5.41 Å². The minimum atomic E-state index is -0.0677. The first-order valence-electron chi connectivity index (χ1n) is 6.68. The summed E-state index contributed by atoms with van der Waals surface area (Å²) in [6, 6.07) is 11.8. The van der Waals surface area contributed by atoms with E-state index >= 15 is 0 Å². The third kappa shape index (κ3) is 2.33. The van der Waals surface area contributed by atoms with Crippen LogP contribution >= 0.6 is 0 Å². The zero-order chi connectivity index (χ0) is 13.2. The molecule has 0 atom stereocenters. The molecule has 0 N–H and O–H groups in total. The highest BCUT2D eigenvalue weighted by Crippen LogP contribution is 2.27. The molecule has 18 heavy (non-hydrogen) atoms. The van der Waals surface area contributed by atoms with E-state index < -0.39 is 0 Å². The fourth-order valence-electron chi connectivity index (χ4n) is 2.43. The van der Waals surface area contributed by atoms with Gasteiger partial charge in [0.25, 0.3) is 0 Å². The fourth-order valence-corrected chi connectivity index (χ4v) is 2.43. The minimum absolute atomic E-state index is 0.0677. The molecule has 0 unspecified atom stereocenters. The first-order chi connectivity index (χ1) is 8.56. The van der Waals surface area contributed by atoms with Crippen LogP contribution in [0.1, 0.15) is 45.7 Å². The number of pyridine rings is 1. The molecule has 0 saturated carbocycles. The lowest BCUT2D eigenvalue weighted by Gasteiger charge is -2.23. The van der Waals surface area contributed by atoms with Crippen LogP contribution in [0.4, 0.5) is 0 Å². The predicted octanol–water partition coefficient (Wildman–Crippen LogP) is 3.94. The summed E-state index contributed by atoms with van der Waals surface area (Å²) in [6.45, 7) is 6.49. The van der Waals surface area contributed by atoms with Gasteiger partial charge in [0.2, 0.25) is 5.52 Å². The van der Waals surface area contributed by atoms with Gasteiger partial charge in [-0.3, -0.25) is 0 Å². The first kappa shape index (κ1) is 12.9. The molecule has 0 amide bonds. The van der Waals surface area contributed by atoms with Gasteiger partial charge >= 0.3 is 0 Å². The maximum atomic E-state index is 12.5.